The Morgan fingerprint density at radius 3 is 2.55 bits per heavy atom. The molecular weight excluding hydrogens is 282 g/mol. The van der Waals surface area contributed by atoms with Crippen molar-refractivity contribution < 1.29 is 18.3 Å². The molecule has 0 amide bonds. The van der Waals surface area contributed by atoms with Crippen molar-refractivity contribution in [3.05, 3.63) is 18.0 Å². The molecule has 0 fully saturated rings. The predicted molar refractivity (Wildman–Crippen MR) is 75.4 cm³/mol. The minimum absolute atomic E-state index is 0.0177. The van der Waals surface area contributed by atoms with Crippen molar-refractivity contribution in [1.29, 1.82) is 0 Å². The topological polar surface area (TPSA) is 91.6 Å². The van der Waals surface area contributed by atoms with Gasteiger partial charge in [-0.3, -0.25) is 0 Å². The zero-order valence-electron chi connectivity index (χ0n) is 12.0. The van der Waals surface area contributed by atoms with Crippen LogP contribution in [0.3, 0.4) is 0 Å². The van der Waals surface area contributed by atoms with Crippen LogP contribution in [-0.4, -0.2) is 55.6 Å². The molecule has 0 saturated heterocycles. The molecule has 0 unspecified atom stereocenters. The number of nitrogens with zero attached hydrogens (tertiary/aromatic N) is 2. The molecule has 0 spiro atoms. The first kappa shape index (κ1) is 16.7. The fourth-order valence-electron chi connectivity index (χ4n) is 1.68. The number of nitrogens with one attached hydrogen (secondary N) is 1. The van der Waals surface area contributed by atoms with E-state index in [9.17, 15) is 13.2 Å². The Morgan fingerprint density at radius 1 is 1.45 bits per heavy atom. The number of sulfonamides is 1. The lowest BCUT2D eigenvalue weighted by Crippen LogP contribution is -2.32. The number of carboxylic acid groups (broad SMARTS) is 1. The van der Waals surface area contributed by atoms with Crippen LogP contribution in [0.15, 0.2) is 17.2 Å². The number of hydrogen-bond acceptors (Lipinski definition) is 4. The molecule has 1 aromatic heterocycles. The number of carboxylic acids is 1. The third kappa shape index (κ3) is 4.06. The Labute approximate surface area is 119 Å². The molecule has 8 heteroatoms. The molecule has 2 N–H and O–H groups in total. The molecule has 0 radical (unpaired) electrons. The molecule has 20 heavy (non-hydrogen) atoms. The van der Waals surface area contributed by atoms with Crippen LogP contribution in [0.5, 0.6) is 0 Å². The normalized spacial score (nSPS) is 12.0. The Hall–Kier alpha value is -1.38. The van der Waals surface area contributed by atoms with Gasteiger partial charge in [0.05, 0.1) is 0 Å². The third-order valence-corrected chi connectivity index (χ3v) is 4.50. The Bertz CT molecular complexity index is 565. The molecule has 1 aromatic rings. The number of carbonyl (C=O) groups is 1. The minimum atomic E-state index is -3.67. The lowest BCUT2D eigenvalue weighted by atomic mass is 10.4. The Morgan fingerprint density at radius 2 is 2.10 bits per heavy atom. The van der Waals surface area contributed by atoms with E-state index in [-0.39, 0.29) is 17.1 Å². The fourth-order valence-corrected chi connectivity index (χ4v) is 2.74. The van der Waals surface area contributed by atoms with Crippen LogP contribution >= 0.6 is 0 Å². The van der Waals surface area contributed by atoms with Gasteiger partial charge in [0, 0.05) is 25.8 Å². The van der Waals surface area contributed by atoms with Gasteiger partial charge in [-0.25, -0.2) is 17.9 Å². The number of hydrogen-bond donors (Lipinski definition) is 2. The van der Waals surface area contributed by atoms with E-state index < -0.39 is 16.0 Å². The highest BCUT2D eigenvalue weighted by molar-refractivity contribution is 7.89. The van der Waals surface area contributed by atoms with E-state index in [1.54, 1.807) is 6.92 Å². The summed E-state index contributed by atoms with van der Waals surface area (Å²) in [7, 11) is -1.78. The second-order valence-electron chi connectivity index (χ2n) is 4.45. The smallest absolute Gasteiger partial charge is 0.352 e. The van der Waals surface area contributed by atoms with Crippen molar-refractivity contribution in [2.24, 2.45) is 0 Å². The van der Waals surface area contributed by atoms with Crippen molar-refractivity contribution in [2.45, 2.75) is 25.3 Å². The highest BCUT2D eigenvalue weighted by atomic mass is 32.2. The standard InChI is InChI=1S/C12H21N3O4S/c1-4-14(3)7-6-13-20(18,19)10-8-11(12(16)17)15(5-2)9-10/h8-9,13H,4-7H2,1-3H3,(H,16,17). The minimum Gasteiger partial charge on any atom is -0.477 e. The fraction of sp³-hybridized carbons (Fsp3) is 0.583. The molecule has 1 heterocycles. The van der Waals surface area contributed by atoms with Crippen LogP contribution in [0, 0.1) is 0 Å². The van der Waals surface area contributed by atoms with E-state index in [0.29, 0.717) is 13.1 Å². The van der Waals surface area contributed by atoms with Gasteiger partial charge in [-0.05, 0) is 26.6 Å². The monoisotopic (exact) mass is 303 g/mol. The third-order valence-electron chi connectivity index (χ3n) is 3.07. The summed E-state index contributed by atoms with van der Waals surface area (Å²) in [6.07, 6.45) is 1.34. The molecular formula is C12H21N3O4S. The van der Waals surface area contributed by atoms with Crippen LogP contribution in [0.25, 0.3) is 0 Å². The maximum absolute atomic E-state index is 12.1. The molecule has 0 aliphatic heterocycles. The van der Waals surface area contributed by atoms with Crippen LogP contribution in [-0.2, 0) is 16.6 Å². The molecule has 7 nitrogen and oxygen atoms in total. The van der Waals surface area contributed by atoms with E-state index in [1.807, 2.05) is 18.9 Å². The SMILES string of the molecule is CCN(C)CCNS(=O)(=O)c1cc(C(=O)O)n(CC)c1. The zero-order chi connectivity index (χ0) is 15.3. The van der Waals surface area contributed by atoms with E-state index in [1.165, 1.54) is 16.8 Å². The van der Waals surface area contributed by atoms with Crippen molar-refractivity contribution in [3.8, 4) is 0 Å². The Balaban J connectivity index is 2.85. The van der Waals surface area contributed by atoms with E-state index in [4.69, 9.17) is 5.11 Å². The van der Waals surface area contributed by atoms with Crippen molar-refractivity contribution in [3.63, 3.8) is 0 Å². The number of aromatic carboxylic acids is 1. The maximum Gasteiger partial charge on any atom is 0.352 e. The van der Waals surface area contributed by atoms with Gasteiger partial charge < -0.3 is 14.6 Å². The molecule has 0 saturated carbocycles. The molecule has 1 rings (SSSR count). The quantitative estimate of drug-likeness (QED) is 0.727. The number of aryl methyl sites for hydroxylation is 1. The summed E-state index contributed by atoms with van der Waals surface area (Å²) in [5, 5.41) is 9.01. The first-order valence-electron chi connectivity index (χ1n) is 6.43. The predicted octanol–water partition coefficient (Wildman–Crippen LogP) is 0.436. The van der Waals surface area contributed by atoms with Crippen molar-refractivity contribution >= 4 is 16.0 Å². The summed E-state index contributed by atoms with van der Waals surface area (Å²) >= 11 is 0. The maximum atomic E-state index is 12.1. The molecule has 0 aliphatic rings. The van der Waals surface area contributed by atoms with Crippen LogP contribution in [0.1, 0.15) is 24.3 Å². The van der Waals surface area contributed by atoms with Gasteiger partial charge >= 0.3 is 5.97 Å². The summed E-state index contributed by atoms with van der Waals surface area (Å²) in [6, 6.07) is 1.18. The van der Waals surface area contributed by atoms with E-state index in [2.05, 4.69) is 4.72 Å². The van der Waals surface area contributed by atoms with Gasteiger partial charge in [0.2, 0.25) is 10.0 Å². The number of likely N-dealkylation sites (N-methyl/N-ethyl adjacent to an activating group) is 1. The molecule has 114 valence electrons. The van der Waals surface area contributed by atoms with Gasteiger partial charge in [0.15, 0.2) is 0 Å². The summed E-state index contributed by atoms with van der Waals surface area (Å²) in [5.74, 6) is -1.14. The van der Waals surface area contributed by atoms with E-state index in [0.717, 1.165) is 6.54 Å². The second-order valence-corrected chi connectivity index (χ2v) is 6.21. The first-order valence-corrected chi connectivity index (χ1v) is 7.91. The number of aromatic nitrogens is 1. The summed E-state index contributed by atoms with van der Waals surface area (Å²) in [4.78, 5) is 13.0. The lowest BCUT2D eigenvalue weighted by Gasteiger charge is -2.13. The largest absolute Gasteiger partial charge is 0.477 e. The van der Waals surface area contributed by atoms with Crippen molar-refractivity contribution in [2.75, 3.05) is 26.7 Å². The van der Waals surface area contributed by atoms with Gasteiger partial charge in [-0.1, -0.05) is 6.92 Å². The second kappa shape index (κ2) is 6.87. The lowest BCUT2D eigenvalue weighted by molar-refractivity contribution is 0.0685. The molecule has 0 aromatic carbocycles. The molecule has 0 atom stereocenters. The first-order chi connectivity index (χ1) is 9.31. The Kier molecular flexibility index (Phi) is 5.73. The summed E-state index contributed by atoms with van der Waals surface area (Å²) in [6.45, 7) is 5.84. The molecule has 0 bridgehead atoms. The average Bonchev–Trinajstić information content (AvgIpc) is 2.83. The van der Waals surface area contributed by atoms with Gasteiger partial charge in [0.25, 0.3) is 0 Å². The van der Waals surface area contributed by atoms with Crippen LogP contribution in [0.2, 0.25) is 0 Å². The van der Waals surface area contributed by atoms with E-state index >= 15 is 0 Å². The van der Waals surface area contributed by atoms with Crippen LogP contribution < -0.4 is 4.72 Å². The molecule has 0 aliphatic carbocycles. The van der Waals surface area contributed by atoms with Gasteiger partial charge in [-0.2, -0.15) is 0 Å². The summed E-state index contributed by atoms with van der Waals surface area (Å²) in [5.41, 5.74) is -0.0291. The highest BCUT2D eigenvalue weighted by Crippen LogP contribution is 2.14. The highest BCUT2D eigenvalue weighted by Gasteiger charge is 2.20. The summed E-state index contributed by atoms with van der Waals surface area (Å²) < 4.78 is 28.0. The van der Waals surface area contributed by atoms with Crippen molar-refractivity contribution in [1.82, 2.24) is 14.2 Å². The number of rotatable bonds is 8. The average molecular weight is 303 g/mol. The van der Waals surface area contributed by atoms with Crippen LogP contribution in [0.4, 0.5) is 0 Å². The van der Waals surface area contributed by atoms with Gasteiger partial charge in [0.1, 0.15) is 10.6 Å². The van der Waals surface area contributed by atoms with Gasteiger partial charge in [-0.15, -0.1) is 0 Å². The zero-order valence-corrected chi connectivity index (χ0v) is 12.8.